The van der Waals surface area contributed by atoms with Crippen LogP contribution in [0.4, 0.5) is 0 Å². The summed E-state index contributed by atoms with van der Waals surface area (Å²) in [6.45, 7) is 2.12. The van der Waals surface area contributed by atoms with E-state index in [1.54, 1.807) is 7.11 Å². The maximum absolute atomic E-state index is 8.63. The molecule has 90 valence electrons. The topological polar surface area (TPSA) is 41.5 Å². The summed E-state index contributed by atoms with van der Waals surface area (Å²) in [7, 11) is 1.69. The van der Waals surface area contributed by atoms with Crippen LogP contribution in [0.2, 0.25) is 0 Å². The molecule has 0 aliphatic rings. The first-order chi connectivity index (χ1) is 7.88. The Morgan fingerprint density at radius 1 is 1.19 bits per heavy atom. The molecule has 1 rings (SSSR count). The van der Waals surface area contributed by atoms with E-state index in [1.165, 1.54) is 5.56 Å². The van der Waals surface area contributed by atoms with Gasteiger partial charge in [0.25, 0.3) is 0 Å². The lowest BCUT2D eigenvalue weighted by atomic mass is 10.2. The van der Waals surface area contributed by atoms with Crippen molar-refractivity contribution in [3.8, 4) is 5.75 Å². The maximum atomic E-state index is 8.63. The van der Waals surface area contributed by atoms with Crippen LogP contribution in [-0.4, -0.2) is 25.4 Å². The van der Waals surface area contributed by atoms with Crippen LogP contribution in [0.5, 0.6) is 5.75 Å². The van der Waals surface area contributed by atoms with Gasteiger partial charge in [-0.05, 0) is 31.9 Å². The molecule has 0 spiro atoms. The summed E-state index contributed by atoms with van der Waals surface area (Å²) in [4.78, 5) is 0. The SMILES string of the molecule is COc1ccccc1CNCCCCCO. The van der Waals surface area contributed by atoms with Gasteiger partial charge in [-0.25, -0.2) is 0 Å². The Morgan fingerprint density at radius 2 is 2.00 bits per heavy atom. The molecule has 0 unspecified atom stereocenters. The molecular weight excluding hydrogens is 202 g/mol. The van der Waals surface area contributed by atoms with Gasteiger partial charge in [-0.2, -0.15) is 0 Å². The van der Waals surface area contributed by atoms with Crippen molar-refractivity contribution in [2.24, 2.45) is 0 Å². The van der Waals surface area contributed by atoms with E-state index in [4.69, 9.17) is 9.84 Å². The second-order valence-electron chi connectivity index (χ2n) is 3.77. The highest BCUT2D eigenvalue weighted by atomic mass is 16.5. The molecule has 3 nitrogen and oxygen atoms in total. The molecule has 0 amide bonds. The van der Waals surface area contributed by atoms with Crippen LogP contribution in [0.1, 0.15) is 24.8 Å². The molecule has 0 atom stereocenters. The Bertz CT molecular complexity index is 289. The molecule has 2 N–H and O–H groups in total. The highest BCUT2D eigenvalue weighted by Crippen LogP contribution is 2.16. The molecule has 1 aromatic rings. The predicted octanol–water partition coefficient (Wildman–Crippen LogP) is 1.95. The second-order valence-corrected chi connectivity index (χ2v) is 3.77. The molecule has 1 aromatic carbocycles. The molecule has 0 bridgehead atoms. The first kappa shape index (κ1) is 13.0. The Labute approximate surface area is 97.4 Å². The molecule has 0 radical (unpaired) electrons. The lowest BCUT2D eigenvalue weighted by Gasteiger charge is -2.09. The minimum Gasteiger partial charge on any atom is -0.496 e. The van der Waals surface area contributed by atoms with Crippen LogP contribution in [0, 0.1) is 0 Å². The van der Waals surface area contributed by atoms with Crippen molar-refractivity contribution in [3.05, 3.63) is 29.8 Å². The Balaban J connectivity index is 2.21. The smallest absolute Gasteiger partial charge is 0.123 e. The fourth-order valence-electron chi connectivity index (χ4n) is 1.61. The zero-order chi connectivity index (χ0) is 11.6. The summed E-state index contributed by atoms with van der Waals surface area (Å²) in [5, 5.41) is 12.0. The summed E-state index contributed by atoms with van der Waals surface area (Å²) in [6, 6.07) is 8.04. The predicted molar refractivity (Wildman–Crippen MR) is 65.6 cm³/mol. The van der Waals surface area contributed by atoms with Gasteiger partial charge in [0.05, 0.1) is 7.11 Å². The average Bonchev–Trinajstić information content (AvgIpc) is 2.34. The van der Waals surface area contributed by atoms with Gasteiger partial charge in [0.1, 0.15) is 5.75 Å². The minimum absolute atomic E-state index is 0.298. The number of aliphatic hydroxyl groups is 1. The summed E-state index contributed by atoms with van der Waals surface area (Å²) < 4.78 is 5.27. The third-order valence-electron chi connectivity index (χ3n) is 2.52. The third kappa shape index (κ3) is 4.64. The Morgan fingerprint density at radius 3 is 2.75 bits per heavy atom. The highest BCUT2D eigenvalue weighted by molar-refractivity contribution is 5.32. The Hall–Kier alpha value is -1.06. The van der Waals surface area contributed by atoms with E-state index in [9.17, 15) is 0 Å². The number of rotatable bonds is 8. The standard InChI is InChI=1S/C13H21NO2/c1-16-13-8-4-3-7-12(13)11-14-9-5-2-6-10-15/h3-4,7-8,14-15H,2,5-6,9-11H2,1H3. The number of aliphatic hydroxyl groups excluding tert-OH is 1. The van der Waals surface area contributed by atoms with E-state index in [1.807, 2.05) is 18.2 Å². The van der Waals surface area contributed by atoms with Crippen LogP contribution in [0.15, 0.2) is 24.3 Å². The van der Waals surface area contributed by atoms with Gasteiger partial charge in [0.15, 0.2) is 0 Å². The van der Waals surface area contributed by atoms with Gasteiger partial charge in [0.2, 0.25) is 0 Å². The van der Waals surface area contributed by atoms with Gasteiger partial charge >= 0.3 is 0 Å². The fourth-order valence-corrected chi connectivity index (χ4v) is 1.61. The van der Waals surface area contributed by atoms with E-state index in [-0.39, 0.29) is 0 Å². The van der Waals surface area contributed by atoms with Crippen molar-refractivity contribution in [3.63, 3.8) is 0 Å². The number of nitrogens with one attached hydrogen (secondary N) is 1. The number of ether oxygens (including phenoxy) is 1. The van der Waals surface area contributed by atoms with Crippen molar-refractivity contribution < 1.29 is 9.84 Å². The lowest BCUT2D eigenvalue weighted by Crippen LogP contribution is -2.15. The van der Waals surface area contributed by atoms with Gasteiger partial charge < -0.3 is 15.2 Å². The third-order valence-corrected chi connectivity index (χ3v) is 2.52. The van der Waals surface area contributed by atoms with E-state index in [0.717, 1.165) is 38.1 Å². The minimum atomic E-state index is 0.298. The first-order valence-corrected chi connectivity index (χ1v) is 5.82. The van der Waals surface area contributed by atoms with Gasteiger partial charge in [-0.1, -0.05) is 18.2 Å². The molecule has 0 aliphatic heterocycles. The monoisotopic (exact) mass is 223 g/mol. The number of hydrogen-bond acceptors (Lipinski definition) is 3. The molecule has 0 saturated carbocycles. The molecule has 0 aliphatic carbocycles. The van der Waals surface area contributed by atoms with Crippen molar-refractivity contribution in [2.45, 2.75) is 25.8 Å². The van der Waals surface area contributed by atoms with Gasteiger partial charge in [-0.15, -0.1) is 0 Å². The largest absolute Gasteiger partial charge is 0.496 e. The summed E-state index contributed by atoms with van der Waals surface area (Å²) >= 11 is 0. The zero-order valence-electron chi connectivity index (χ0n) is 9.91. The molecule has 0 heterocycles. The highest BCUT2D eigenvalue weighted by Gasteiger charge is 1.99. The summed E-state index contributed by atoms with van der Waals surface area (Å²) in [5.41, 5.74) is 1.19. The zero-order valence-corrected chi connectivity index (χ0v) is 9.91. The van der Waals surface area contributed by atoms with Crippen molar-refractivity contribution in [2.75, 3.05) is 20.3 Å². The van der Waals surface area contributed by atoms with Crippen LogP contribution in [0.25, 0.3) is 0 Å². The summed E-state index contributed by atoms with van der Waals surface area (Å²) in [6.07, 6.45) is 3.08. The maximum Gasteiger partial charge on any atom is 0.123 e. The number of para-hydroxylation sites is 1. The number of methoxy groups -OCH3 is 1. The first-order valence-electron chi connectivity index (χ1n) is 5.82. The quantitative estimate of drug-likeness (QED) is 0.662. The number of hydrogen-bond donors (Lipinski definition) is 2. The molecule has 0 saturated heterocycles. The van der Waals surface area contributed by atoms with Crippen LogP contribution < -0.4 is 10.1 Å². The van der Waals surface area contributed by atoms with Gasteiger partial charge in [-0.3, -0.25) is 0 Å². The van der Waals surface area contributed by atoms with Crippen LogP contribution in [0.3, 0.4) is 0 Å². The molecule has 16 heavy (non-hydrogen) atoms. The van der Waals surface area contributed by atoms with E-state index < -0.39 is 0 Å². The molecule has 0 aromatic heterocycles. The Kier molecular flexibility index (Phi) is 6.61. The molecule has 3 heteroatoms. The van der Waals surface area contributed by atoms with Crippen molar-refractivity contribution in [1.82, 2.24) is 5.32 Å². The van der Waals surface area contributed by atoms with Crippen molar-refractivity contribution in [1.29, 1.82) is 0 Å². The van der Waals surface area contributed by atoms with Gasteiger partial charge in [0, 0.05) is 18.7 Å². The molecule has 0 fully saturated rings. The van der Waals surface area contributed by atoms with Crippen LogP contribution >= 0.6 is 0 Å². The number of benzene rings is 1. The second kappa shape index (κ2) is 8.13. The lowest BCUT2D eigenvalue weighted by molar-refractivity contribution is 0.283. The van der Waals surface area contributed by atoms with E-state index in [2.05, 4.69) is 11.4 Å². The average molecular weight is 223 g/mol. The van der Waals surface area contributed by atoms with E-state index in [0.29, 0.717) is 6.61 Å². The van der Waals surface area contributed by atoms with Crippen LogP contribution in [-0.2, 0) is 6.54 Å². The number of unbranched alkanes of at least 4 members (excludes halogenated alkanes) is 2. The van der Waals surface area contributed by atoms with E-state index >= 15 is 0 Å². The normalized spacial score (nSPS) is 10.4. The van der Waals surface area contributed by atoms with Crippen molar-refractivity contribution >= 4 is 0 Å². The fraction of sp³-hybridized carbons (Fsp3) is 0.538. The molecular formula is C13H21NO2. The summed E-state index contributed by atoms with van der Waals surface area (Å²) in [5.74, 6) is 0.936.